The van der Waals surface area contributed by atoms with Crippen LogP contribution in [0.1, 0.15) is 21.5 Å². The lowest BCUT2D eigenvalue weighted by atomic mass is 9.89. The molecule has 0 bridgehead atoms. The van der Waals surface area contributed by atoms with Gasteiger partial charge >= 0.3 is 6.03 Å². The topological polar surface area (TPSA) is 108 Å². The number of fused-ring (bicyclic) bond motifs is 1. The van der Waals surface area contributed by atoms with Crippen molar-refractivity contribution in [3.8, 4) is 17.6 Å². The summed E-state index contributed by atoms with van der Waals surface area (Å²) in [6, 6.07) is 9.57. The first-order chi connectivity index (χ1) is 14.9. The fourth-order valence-corrected chi connectivity index (χ4v) is 3.70. The van der Waals surface area contributed by atoms with Gasteiger partial charge in [-0.1, -0.05) is 30.0 Å². The van der Waals surface area contributed by atoms with E-state index in [1.807, 2.05) is 0 Å². The maximum atomic E-state index is 13.4. The van der Waals surface area contributed by atoms with Crippen LogP contribution in [0.2, 0.25) is 0 Å². The van der Waals surface area contributed by atoms with Crippen molar-refractivity contribution in [1.29, 1.82) is 0 Å². The van der Waals surface area contributed by atoms with Gasteiger partial charge in [0.05, 0.1) is 6.54 Å². The number of aliphatic hydroxyl groups excluding tert-OH is 1. The number of halogens is 1. The zero-order valence-electron chi connectivity index (χ0n) is 16.3. The van der Waals surface area contributed by atoms with Crippen molar-refractivity contribution in [2.75, 3.05) is 19.8 Å². The molecule has 2 aliphatic rings. The number of carbonyl (C=O) groups excluding carboxylic acids is 3. The fraction of sp³-hybridized carbons (Fsp3) is 0.227. The number of amides is 4. The van der Waals surface area contributed by atoms with Gasteiger partial charge < -0.3 is 20.1 Å². The molecule has 2 heterocycles. The van der Waals surface area contributed by atoms with Crippen molar-refractivity contribution in [3.05, 3.63) is 65.0 Å². The molecule has 0 saturated carbocycles. The molecule has 0 radical (unpaired) electrons. The molecule has 2 aliphatic heterocycles. The van der Waals surface area contributed by atoms with Gasteiger partial charge in [0.2, 0.25) is 0 Å². The number of nitrogens with zero attached hydrogens (tertiary/aromatic N) is 1. The summed E-state index contributed by atoms with van der Waals surface area (Å²) >= 11 is 0. The number of benzene rings is 2. The number of aliphatic hydroxyl groups is 1. The van der Waals surface area contributed by atoms with Crippen LogP contribution in [0.5, 0.6) is 5.75 Å². The van der Waals surface area contributed by atoms with E-state index in [0.717, 1.165) is 5.56 Å². The smallest absolute Gasteiger partial charge is 0.322 e. The Kier molecular flexibility index (Phi) is 5.31. The third-order valence-corrected chi connectivity index (χ3v) is 5.18. The minimum atomic E-state index is -1.53. The van der Waals surface area contributed by atoms with Gasteiger partial charge in [-0.2, -0.15) is 0 Å². The summed E-state index contributed by atoms with van der Waals surface area (Å²) in [6.45, 7) is -0.0786. The van der Waals surface area contributed by atoms with Crippen LogP contribution in [-0.4, -0.2) is 47.6 Å². The fourth-order valence-electron chi connectivity index (χ4n) is 3.70. The Hall–Kier alpha value is -3.90. The largest absolute Gasteiger partial charge is 0.481 e. The van der Waals surface area contributed by atoms with Gasteiger partial charge in [-0.25, -0.2) is 9.18 Å². The Morgan fingerprint density at radius 1 is 1.13 bits per heavy atom. The highest BCUT2D eigenvalue weighted by Gasteiger charge is 2.50. The minimum Gasteiger partial charge on any atom is -0.481 e. The lowest BCUT2D eigenvalue weighted by Crippen LogP contribution is -2.52. The van der Waals surface area contributed by atoms with E-state index in [1.54, 1.807) is 18.2 Å². The van der Waals surface area contributed by atoms with Crippen molar-refractivity contribution in [2.24, 2.45) is 0 Å². The number of imide groups is 1. The molecule has 31 heavy (non-hydrogen) atoms. The molecule has 2 aromatic rings. The molecule has 1 saturated heterocycles. The molecule has 9 heteroatoms. The van der Waals surface area contributed by atoms with Crippen molar-refractivity contribution >= 4 is 17.8 Å². The van der Waals surface area contributed by atoms with Gasteiger partial charge in [0.1, 0.15) is 24.8 Å². The van der Waals surface area contributed by atoms with E-state index < -0.39 is 23.3 Å². The number of hydrogen-bond acceptors (Lipinski definition) is 5. The highest BCUT2D eigenvalue weighted by Crippen LogP contribution is 2.32. The number of urea groups is 1. The van der Waals surface area contributed by atoms with Gasteiger partial charge in [-0.05, 0) is 35.4 Å². The third kappa shape index (κ3) is 3.81. The Morgan fingerprint density at radius 3 is 2.58 bits per heavy atom. The Balaban J connectivity index is 1.58. The zero-order valence-corrected chi connectivity index (χ0v) is 16.3. The van der Waals surface area contributed by atoms with Crippen LogP contribution in [0, 0.1) is 17.7 Å². The highest BCUT2D eigenvalue weighted by atomic mass is 19.1. The van der Waals surface area contributed by atoms with Crippen LogP contribution in [0.15, 0.2) is 42.5 Å². The Labute approximate surface area is 177 Å². The number of nitrogens with one attached hydrogen (secondary N) is 2. The van der Waals surface area contributed by atoms with Crippen molar-refractivity contribution in [2.45, 2.75) is 12.1 Å². The summed E-state index contributed by atoms with van der Waals surface area (Å²) in [7, 11) is 0. The summed E-state index contributed by atoms with van der Waals surface area (Å²) in [6.07, 6.45) is 0. The number of rotatable bonds is 5. The lowest BCUT2D eigenvalue weighted by molar-refractivity contribution is -0.124. The second kappa shape index (κ2) is 8.08. The molecule has 0 aliphatic carbocycles. The lowest BCUT2D eigenvalue weighted by Gasteiger charge is -2.31. The molecule has 3 N–H and O–H groups in total. The predicted molar refractivity (Wildman–Crippen MR) is 106 cm³/mol. The Bertz CT molecular complexity index is 1120. The van der Waals surface area contributed by atoms with Crippen LogP contribution in [0.25, 0.3) is 0 Å². The average molecular weight is 423 g/mol. The molecule has 0 unspecified atom stereocenters. The van der Waals surface area contributed by atoms with E-state index >= 15 is 0 Å². The van der Waals surface area contributed by atoms with E-state index in [2.05, 4.69) is 22.5 Å². The van der Waals surface area contributed by atoms with Gasteiger partial charge in [0.15, 0.2) is 5.54 Å². The van der Waals surface area contributed by atoms with Crippen LogP contribution >= 0.6 is 0 Å². The minimum absolute atomic E-state index is 0.0666. The predicted octanol–water partition coefficient (Wildman–Crippen LogP) is 0.891. The first-order valence-corrected chi connectivity index (χ1v) is 9.44. The van der Waals surface area contributed by atoms with Crippen LogP contribution < -0.4 is 15.4 Å². The van der Waals surface area contributed by atoms with E-state index in [9.17, 15) is 18.8 Å². The Morgan fingerprint density at radius 2 is 1.90 bits per heavy atom. The molecule has 4 rings (SSSR count). The van der Waals surface area contributed by atoms with E-state index in [1.165, 1.54) is 29.2 Å². The zero-order chi connectivity index (χ0) is 22.0. The second-order valence-corrected chi connectivity index (χ2v) is 7.10. The molecule has 0 aromatic heterocycles. The summed E-state index contributed by atoms with van der Waals surface area (Å²) in [5.74, 6) is 4.12. The maximum Gasteiger partial charge on any atom is 0.322 e. The third-order valence-electron chi connectivity index (χ3n) is 5.18. The van der Waals surface area contributed by atoms with Gasteiger partial charge in [0, 0.05) is 12.1 Å². The molecular weight excluding hydrogens is 405 g/mol. The van der Waals surface area contributed by atoms with E-state index in [4.69, 9.17) is 9.84 Å². The molecule has 4 amide bonds. The van der Waals surface area contributed by atoms with E-state index in [-0.39, 0.29) is 32.2 Å². The van der Waals surface area contributed by atoms with Gasteiger partial charge in [-0.15, -0.1) is 0 Å². The van der Waals surface area contributed by atoms with Gasteiger partial charge in [-0.3, -0.25) is 14.9 Å². The van der Waals surface area contributed by atoms with Crippen LogP contribution in [-0.2, 0) is 16.9 Å². The second-order valence-electron chi connectivity index (χ2n) is 7.10. The summed E-state index contributed by atoms with van der Waals surface area (Å²) in [5, 5.41) is 13.5. The average Bonchev–Trinajstić information content (AvgIpc) is 3.21. The van der Waals surface area contributed by atoms with Crippen LogP contribution in [0.3, 0.4) is 0 Å². The number of ether oxygens (including phenoxy) is 1. The SMILES string of the molecule is O=C1NC(=O)[C@](CN2Cc3ccc(OCC#CCO)cc3C2=O)(c2ccc(F)cc2)N1. The first-order valence-electron chi connectivity index (χ1n) is 9.44. The summed E-state index contributed by atoms with van der Waals surface area (Å²) < 4.78 is 18.9. The number of carbonyl (C=O) groups is 3. The molecule has 1 fully saturated rings. The molecular formula is C22H18FN3O5. The first kappa shape index (κ1) is 20.4. The molecule has 8 nitrogen and oxygen atoms in total. The highest BCUT2D eigenvalue weighted by molar-refractivity contribution is 6.08. The molecule has 1 atom stereocenters. The maximum absolute atomic E-state index is 13.4. The molecule has 158 valence electrons. The number of hydrogen-bond donors (Lipinski definition) is 3. The van der Waals surface area contributed by atoms with E-state index in [0.29, 0.717) is 16.9 Å². The van der Waals surface area contributed by atoms with Gasteiger partial charge in [0.25, 0.3) is 11.8 Å². The van der Waals surface area contributed by atoms with Crippen molar-refractivity contribution in [1.82, 2.24) is 15.5 Å². The van der Waals surface area contributed by atoms with Crippen molar-refractivity contribution < 1.29 is 28.6 Å². The normalized spacial score (nSPS) is 19.4. The monoisotopic (exact) mass is 423 g/mol. The van der Waals surface area contributed by atoms with Crippen LogP contribution in [0.4, 0.5) is 9.18 Å². The summed E-state index contributed by atoms with van der Waals surface area (Å²) in [4.78, 5) is 39.1. The standard InChI is InChI=1S/C22H18FN3O5/c23-16-6-4-15(5-7-16)22(20(29)24-21(30)25-22)13-26-12-14-3-8-17(11-18(14)19(26)28)31-10-2-1-9-27/h3-8,11,27H,9-10,12-13H2,(H2,24,25,29,30)/t22-/m0/s1. The molecule has 0 spiro atoms. The molecule has 2 aromatic carbocycles. The van der Waals surface area contributed by atoms with Crippen molar-refractivity contribution in [3.63, 3.8) is 0 Å². The summed E-state index contributed by atoms with van der Waals surface area (Å²) in [5.41, 5.74) is 0.0127. The quantitative estimate of drug-likeness (QED) is 0.489.